The molecule has 0 saturated heterocycles. The average Bonchev–Trinajstić information content (AvgIpc) is 2.89. The van der Waals surface area contributed by atoms with Crippen molar-refractivity contribution in [2.24, 2.45) is 5.73 Å². The van der Waals surface area contributed by atoms with Gasteiger partial charge in [0.25, 0.3) is 0 Å². The molecular formula is C15H19N3OS. The minimum atomic E-state index is -0.468. The van der Waals surface area contributed by atoms with Crippen LogP contribution in [0.1, 0.15) is 21.9 Å². The SMILES string of the molecule is Cc1ncc(CNC(=O)C(N)CCc2ccccc2)s1. The summed E-state index contributed by atoms with van der Waals surface area (Å²) in [7, 11) is 0. The van der Waals surface area contributed by atoms with Crippen LogP contribution in [0.2, 0.25) is 0 Å². The number of thiazole rings is 1. The molecule has 0 aliphatic rings. The third kappa shape index (κ3) is 4.43. The first-order valence-corrected chi connectivity index (χ1v) is 7.45. The van der Waals surface area contributed by atoms with Crippen molar-refractivity contribution in [3.8, 4) is 0 Å². The van der Waals surface area contributed by atoms with E-state index in [0.29, 0.717) is 13.0 Å². The van der Waals surface area contributed by atoms with Gasteiger partial charge in [-0.3, -0.25) is 4.79 Å². The van der Waals surface area contributed by atoms with Crippen molar-refractivity contribution in [1.82, 2.24) is 10.3 Å². The van der Waals surface area contributed by atoms with Gasteiger partial charge in [-0.15, -0.1) is 11.3 Å². The molecule has 2 rings (SSSR count). The second kappa shape index (κ2) is 7.17. The predicted octanol–water partition coefficient (Wildman–Crippen LogP) is 2.03. The van der Waals surface area contributed by atoms with Crippen molar-refractivity contribution in [3.05, 3.63) is 52.0 Å². The Kier molecular flexibility index (Phi) is 5.26. The minimum absolute atomic E-state index is 0.105. The van der Waals surface area contributed by atoms with Gasteiger partial charge in [-0.2, -0.15) is 0 Å². The highest BCUT2D eigenvalue weighted by atomic mass is 32.1. The number of hydrogen-bond acceptors (Lipinski definition) is 4. The molecule has 0 bridgehead atoms. The molecule has 1 atom stereocenters. The molecule has 1 unspecified atom stereocenters. The van der Waals surface area contributed by atoms with Crippen LogP contribution >= 0.6 is 11.3 Å². The molecule has 0 radical (unpaired) electrons. The molecule has 1 aromatic heterocycles. The summed E-state index contributed by atoms with van der Waals surface area (Å²) in [6.45, 7) is 2.45. The summed E-state index contributed by atoms with van der Waals surface area (Å²) in [5.74, 6) is -0.105. The van der Waals surface area contributed by atoms with E-state index in [4.69, 9.17) is 5.73 Å². The first-order chi connectivity index (χ1) is 9.65. The molecule has 0 saturated carbocycles. The van der Waals surface area contributed by atoms with Gasteiger partial charge in [-0.25, -0.2) is 4.98 Å². The number of rotatable bonds is 6. The maximum atomic E-state index is 11.9. The highest BCUT2D eigenvalue weighted by molar-refractivity contribution is 7.11. The Labute approximate surface area is 123 Å². The van der Waals surface area contributed by atoms with Gasteiger partial charge in [0, 0.05) is 11.1 Å². The molecule has 20 heavy (non-hydrogen) atoms. The molecule has 1 amide bonds. The summed E-state index contributed by atoms with van der Waals surface area (Å²) in [4.78, 5) is 17.1. The Morgan fingerprint density at radius 2 is 2.15 bits per heavy atom. The molecule has 4 nitrogen and oxygen atoms in total. The van der Waals surface area contributed by atoms with E-state index in [-0.39, 0.29) is 5.91 Å². The van der Waals surface area contributed by atoms with Crippen molar-refractivity contribution in [2.75, 3.05) is 0 Å². The van der Waals surface area contributed by atoms with Crippen molar-refractivity contribution in [1.29, 1.82) is 0 Å². The van der Waals surface area contributed by atoms with E-state index in [1.165, 1.54) is 5.56 Å². The fourth-order valence-electron chi connectivity index (χ4n) is 1.89. The van der Waals surface area contributed by atoms with Crippen LogP contribution in [-0.4, -0.2) is 16.9 Å². The molecule has 0 fully saturated rings. The van der Waals surface area contributed by atoms with Crippen LogP contribution in [-0.2, 0) is 17.8 Å². The zero-order valence-electron chi connectivity index (χ0n) is 11.5. The van der Waals surface area contributed by atoms with Crippen LogP contribution in [0.5, 0.6) is 0 Å². The fraction of sp³-hybridized carbons (Fsp3) is 0.333. The normalized spacial score (nSPS) is 12.1. The molecule has 1 aromatic carbocycles. The summed E-state index contributed by atoms with van der Waals surface area (Å²) in [5, 5.41) is 3.86. The molecule has 2 aromatic rings. The lowest BCUT2D eigenvalue weighted by molar-refractivity contribution is -0.122. The van der Waals surface area contributed by atoms with Gasteiger partial charge in [-0.05, 0) is 25.3 Å². The smallest absolute Gasteiger partial charge is 0.237 e. The Balaban J connectivity index is 1.74. The summed E-state index contributed by atoms with van der Waals surface area (Å²) >= 11 is 1.59. The number of aromatic nitrogens is 1. The van der Waals surface area contributed by atoms with E-state index in [1.54, 1.807) is 17.5 Å². The zero-order valence-corrected chi connectivity index (χ0v) is 12.3. The van der Waals surface area contributed by atoms with Gasteiger partial charge >= 0.3 is 0 Å². The molecule has 1 heterocycles. The fourth-order valence-corrected chi connectivity index (χ4v) is 2.62. The van der Waals surface area contributed by atoms with Gasteiger partial charge in [0.15, 0.2) is 0 Å². The van der Waals surface area contributed by atoms with Crippen LogP contribution in [0, 0.1) is 6.92 Å². The van der Waals surface area contributed by atoms with Crippen molar-refractivity contribution in [2.45, 2.75) is 32.4 Å². The minimum Gasteiger partial charge on any atom is -0.350 e. The van der Waals surface area contributed by atoms with Gasteiger partial charge in [0.2, 0.25) is 5.91 Å². The number of hydrogen-bond donors (Lipinski definition) is 2. The topological polar surface area (TPSA) is 68.0 Å². The van der Waals surface area contributed by atoms with Gasteiger partial charge in [0.1, 0.15) is 0 Å². The van der Waals surface area contributed by atoms with Crippen molar-refractivity contribution in [3.63, 3.8) is 0 Å². The number of nitrogens with zero attached hydrogens (tertiary/aromatic N) is 1. The third-order valence-electron chi connectivity index (χ3n) is 3.03. The summed E-state index contributed by atoms with van der Waals surface area (Å²) in [6, 6.07) is 9.59. The molecular weight excluding hydrogens is 270 g/mol. The van der Waals surface area contributed by atoms with Gasteiger partial charge < -0.3 is 11.1 Å². The number of carbonyl (C=O) groups is 1. The highest BCUT2D eigenvalue weighted by Gasteiger charge is 2.13. The average molecular weight is 289 g/mol. The van der Waals surface area contributed by atoms with Gasteiger partial charge in [0.05, 0.1) is 17.6 Å². The van der Waals surface area contributed by atoms with Crippen LogP contribution in [0.4, 0.5) is 0 Å². The van der Waals surface area contributed by atoms with Crippen molar-refractivity contribution >= 4 is 17.2 Å². The maximum absolute atomic E-state index is 11.9. The molecule has 0 aliphatic heterocycles. The van der Waals surface area contributed by atoms with Gasteiger partial charge in [-0.1, -0.05) is 30.3 Å². The Morgan fingerprint density at radius 3 is 2.80 bits per heavy atom. The van der Waals surface area contributed by atoms with E-state index in [9.17, 15) is 4.79 Å². The largest absolute Gasteiger partial charge is 0.350 e. The third-order valence-corrected chi connectivity index (χ3v) is 3.94. The maximum Gasteiger partial charge on any atom is 0.237 e. The molecule has 106 valence electrons. The van der Waals surface area contributed by atoms with Crippen LogP contribution < -0.4 is 11.1 Å². The molecule has 0 spiro atoms. The number of amides is 1. The van der Waals surface area contributed by atoms with Crippen LogP contribution in [0.3, 0.4) is 0 Å². The Hall–Kier alpha value is -1.72. The standard InChI is InChI=1S/C15H19N3OS/c1-11-17-9-13(20-11)10-18-15(19)14(16)8-7-12-5-3-2-4-6-12/h2-6,9,14H,7-8,10,16H2,1H3,(H,18,19). The predicted molar refractivity (Wildman–Crippen MR) is 81.4 cm³/mol. The van der Waals surface area contributed by atoms with Crippen LogP contribution in [0.15, 0.2) is 36.5 Å². The van der Waals surface area contributed by atoms with E-state index < -0.39 is 6.04 Å². The number of aryl methyl sites for hydroxylation is 2. The summed E-state index contributed by atoms with van der Waals surface area (Å²) in [6.07, 6.45) is 3.25. The first kappa shape index (κ1) is 14.7. The number of carbonyl (C=O) groups excluding carboxylic acids is 1. The Morgan fingerprint density at radius 1 is 1.40 bits per heavy atom. The zero-order chi connectivity index (χ0) is 14.4. The lowest BCUT2D eigenvalue weighted by Crippen LogP contribution is -2.40. The first-order valence-electron chi connectivity index (χ1n) is 6.63. The quantitative estimate of drug-likeness (QED) is 0.855. The number of nitrogens with one attached hydrogen (secondary N) is 1. The van der Waals surface area contributed by atoms with Crippen molar-refractivity contribution < 1.29 is 4.79 Å². The van der Waals surface area contributed by atoms with E-state index in [1.807, 2.05) is 37.3 Å². The Bertz CT molecular complexity index is 553. The van der Waals surface area contributed by atoms with E-state index in [0.717, 1.165) is 16.3 Å². The summed E-state index contributed by atoms with van der Waals surface area (Å²) in [5.41, 5.74) is 7.11. The monoisotopic (exact) mass is 289 g/mol. The second-order valence-corrected chi connectivity index (χ2v) is 6.01. The highest BCUT2D eigenvalue weighted by Crippen LogP contribution is 2.11. The number of benzene rings is 1. The van der Waals surface area contributed by atoms with E-state index in [2.05, 4.69) is 10.3 Å². The second-order valence-electron chi connectivity index (χ2n) is 4.69. The molecule has 0 aliphatic carbocycles. The molecule has 3 N–H and O–H groups in total. The molecule has 5 heteroatoms. The van der Waals surface area contributed by atoms with E-state index >= 15 is 0 Å². The summed E-state index contributed by atoms with van der Waals surface area (Å²) < 4.78 is 0. The lowest BCUT2D eigenvalue weighted by Gasteiger charge is -2.11. The number of nitrogens with two attached hydrogens (primary N) is 1. The van der Waals surface area contributed by atoms with Crippen LogP contribution in [0.25, 0.3) is 0 Å². The lowest BCUT2D eigenvalue weighted by atomic mass is 10.1.